The highest BCUT2D eigenvalue weighted by Crippen LogP contribution is 2.05. The number of ether oxygens (including phenoxy) is 2. The molecular formula is C6H12O2. The number of hydrogen-bond donors (Lipinski definition) is 0. The molecule has 1 aliphatic heterocycles. The lowest BCUT2D eigenvalue weighted by molar-refractivity contribution is -0.0612. The van der Waals surface area contributed by atoms with Crippen LogP contribution in [0.4, 0.5) is 0 Å². The molecule has 0 N–H and O–H groups in total. The van der Waals surface area contributed by atoms with Crippen LogP contribution in [-0.2, 0) is 9.47 Å². The van der Waals surface area contributed by atoms with Crippen LogP contribution >= 0.6 is 0 Å². The first kappa shape index (κ1) is 6.05. The number of hydrogen-bond acceptors (Lipinski definition) is 2. The molecule has 48 valence electrons. The monoisotopic (exact) mass is 116 g/mol. The topological polar surface area (TPSA) is 18.5 Å². The van der Waals surface area contributed by atoms with Crippen molar-refractivity contribution in [1.82, 2.24) is 0 Å². The van der Waals surface area contributed by atoms with Crippen LogP contribution in [0.1, 0.15) is 19.8 Å². The molecule has 0 saturated carbocycles. The molecule has 0 aromatic rings. The van der Waals surface area contributed by atoms with E-state index in [2.05, 4.69) is 6.92 Å². The summed E-state index contributed by atoms with van der Waals surface area (Å²) < 4.78 is 10.2. The molecule has 1 fully saturated rings. The summed E-state index contributed by atoms with van der Waals surface area (Å²) in [7, 11) is 0. The van der Waals surface area contributed by atoms with E-state index in [0.29, 0.717) is 12.9 Å². The Balaban J connectivity index is 2.17. The van der Waals surface area contributed by atoms with Crippen LogP contribution < -0.4 is 0 Å². The van der Waals surface area contributed by atoms with E-state index in [0.717, 1.165) is 19.4 Å². The average molecular weight is 116 g/mol. The lowest BCUT2D eigenvalue weighted by Crippen LogP contribution is -2.05. The van der Waals surface area contributed by atoms with Crippen molar-refractivity contribution in [3.05, 3.63) is 0 Å². The van der Waals surface area contributed by atoms with Gasteiger partial charge in [-0.2, -0.15) is 0 Å². The van der Waals surface area contributed by atoms with Crippen LogP contribution in [0.3, 0.4) is 0 Å². The van der Waals surface area contributed by atoms with Gasteiger partial charge >= 0.3 is 0 Å². The third kappa shape index (κ3) is 1.80. The first-order chi connectivity index (χ1) is 3.89. The van der Waals surface area contributed by atoms with Gasteiger partial charge in [-0.25, -0.2) is 0 Å². The average Bonchev–Trinajstić information content (AvgIpc) is 1.94. The fourth-order valence-corrected chi connectivity index (χ4v) is 0.779. The van der Waals surface area contributed by atoms with Crippen LogP contribution in [-0.4, -0.2) is 19.5 Å². The van der Waals surface area contributed by atoms with Crippen molar-refractivity contribution < 1.29 is 9.47 Å². The summed E-state index contributed by atoms with van der Waals surface area (Å²) in [5.74, 6) is 0. The summed E-state index contributed by atoms with van der Waals surface area (Å²) in [6, 6.07) is 0. The van der Waals surface area contributed by atoms with Gasteiger partial charge in [-0.1, -0.05) is 0 Å². The van der Waals surface area contributed by atoms with Crippen LogP contribution in [0.2, 0.25) is 0 Å². The predicted molar refractivity (Wildman–Crippen MR) is 30.6 cm³/mol. The van der Waals surface area contributed by atoms with Gasteiger partial charge in [0.2, 0.25) is 0 Å². The minimum Gasteiger partial charge on any atom is -0.355 e. The zero-order valence-corrected chi connectivity index (χ0v) is 5.22. The molecule has 1 aliphatic rings. The third-order valence-corrected chi connectivity index (χ3v) is 1.34. The van der Waals surface area contributed by atoms with Crippen LogP contribution in [0, 0.1) is 0 Å². The van der Waals surface area contributed by atoms with Gasteiger partial charge in [-0.3, -0.25) is 0 Å². The molecule has 2 heteroatoms. The van der Waals surface area contributed by atoms with E-state index in [-0.39, 0.29) is 0 Å². The summed E-state index contributed by atoms with van der Waals surface area (Å²) >= 11 is 0. The van der Waals surface area contributed by atoms with Crippen molar-refractivity contribution in [3.8, 4) is 0 Å². The van der Waals surface area contributed by atoms with E-state index in [1.807, 2.05) is 0 Å². The van der Waals surface area contributed by atoms with E-state index in [1.165, 1.54) is 0 Å². The second-order valence-corrected chi connectivity index (χ2v) is 2.15. The SMILES string of the molecule is CC1CCCOCO1. The van der Waals surface area contributed by atoms with Gasteiger partial charge in [0.15, 0.2) is 0 Å². The lowest BCUT2D eigenvalue weighted by atomic mass is 10.2. The Labute approximate surface area is 49.8 Å². The summed E-state index contributed by atoms with van der Waals surface area (Å²) in [5, 5.41) is 0. The van der Waals surface area contributed by atoms with Gasteiger partial charge in [-0.05, 0) is 19.8 Å². The Morgan fingerprint density at radius 2 is 2.38 bits per heavy atom. The highest BCUT2D eigenvalue weighted by molar-refractivity contribution is 4.50. The summed E-state index contributed by atoms with van der Waals surface area (Å²) in [6.07, 6.45) is 2.68. The van der Waals surface area contributed by atoms with Crippen molar-refractivity contribution in [3.63, 3.8) is 0 Å². The standard InChI is InChI=1S/C6H12O2/c1-6-3-2-4-7-5-8-6/h6H,2-5H2,1H3. The molecule has 0 spiro atoms. The van der Waals surface area contributed by atoms with Gasteiger partial charge in [0.05, 0.1) is 6.10 Å². The van der Waals surface area contributed by atoms with Crippen LogP contribution in [0.5, 0.6) is 0 Å². The molecule has 2 nitrogen and oxygen atoms in total. The fourth-order valence-electron chi connectivity index (χ4n) is 0.779. The second-order valence-electron chi connectivity index (χ2n) is 2.15. The van der Waals surface area contributed by atoms with E-state index < -0.39 is 0 Å². The molecule has 0 aromatic heterocycles. The van der Waals surface area contributed by atoms with Crippen molar-refractivity contribution in [2.24, 2.45) is 0 Å². The van der Waals surface area contributed by atoms with E-state index >= 15 is 0 Å². The van der Waals surface area contributed by atoms with E-state index in [1.54, 1.807) is 0 Å². The third-order valence-electron chi connectivity index (χ3n) is 1.34. The lowest BCUT2D eigenvalue weighted by Gasteiger charge is -2.04. The molecule has 0 aliphatic carbocycles. The molecule has 8 heavy (non-hydrogen) atoms. The zero-order valence-electron chi connectivity index (χ0n) is 5.22. The summed E-state index contributed by atoms with van der Waals surface area (Å²) in [4.78, 5) is 0. The smallest absolute Gasteiger partial charge is 0.147 e. The highest BCUT2D eigenvalue weighted by Gasteiger charge is 2.04. The van der Waals surface area contributed by atoms with E-state index in [9.17, 15) is 0 Å². The Morgan fingerprint density at radius 3 is 3.25 bits per heavy atom. The van der Waals surface area contributed by atoms with Gasteiger partial charge in [0.1, 0.15) is 6.79 Å². The summed E-state index contributed by atoms with van der Waals surface area (Å²) in [6.45, 7) is 3.43. The molecule has 0 radical (unpaired) electrons. The van der Waals surface area contributed by atoms with Crippen LogP contribution in [0.25, 0.3) is 0 Å². The highest BCUT2D eigenvalue weighted by atomic mass is 16.7. The van der Waals surface area contributed by atoms with Gasteiger partial charge in [0.25, 0.3) is 0 Å². The minimum atomic E-state index is 0.400. The maximum atomic E-state index is 5.18. The van der Waals surface area contributed by atoms with Crippen LogP contribution in [0.15, 0.2) is 0 Å². The van der Waals surface area contributed by atoms with Crippen molar-refractivity contribution in [2.45, 2.75) is 25.9 Å². The van der Waals surface area contributed by atoms with Crippen molar-refractivity contribution >= 4 is 0 Å². The van der Waals surface area contributed by atoms with Crippen molar-refractivity contribution in [2.75, 3.05) is 13.4 Å². The Bertz CT molecular complexity index is 55.5. The Morgan fingerprint density at radius 1 is 1.50 bits per heavy atom. The first-order valence-electron chi connectivity index (χ1n) is 3.09. The fraction of sp³-hybridized carbons (Fsp3) is 1.00. The van der Waals surface area contributed by atoms with Gasteiger partial charge in [0, 0.05) is 6.61 Å². The predicted octanol–water partition coefficient (Wildman–Crippen LogP) is 1.16. The molecule has 1 saturated heterocycles. The largest absolute Gasteiger partial charge is 0.355 e. The molecule has 1 atom stereocenters. The second kappa shape index (κ2) is 3.05. The van der Waals surface area contributed by atoms with E-state index in [4.69, 9.17) is 9.47 Å². The molecule has 1 rings (SSSR count). The number of rotatable bonds is 0. The van der Waals surface area contributed by atoms with Gasteiger partial charge in [-0.15, -0.1) is 0 Å². The maximum Gasteiger partial charge on any atom is 0.147 e. The Kier molecular flexibility index (Phi) is 2.30. The molecular weight excluding hydrogens is 104 g/mol. The molecule has 1 unspecified atom stereocenters. The quantitative estimate of drug-likeness (QED) is 0.473. The molecule has 0 aromatic carbocycles. The Hall–Kier alpha value is -0.0800. The van der Waals surface area contributed by atoms with Crippen molar-refractivity contribution in [1.29, 1.82) is 0 Å². The molecule has 1 heterocycles. The van der Waals surface area contributed by atoms with Gasteiger partial charge < -0.3 is 9.47 Å². The summed E-state index contributed by atoms with van der Waals surface area (Å²) in [5.41, 5.74) is 0. The zero-order chi connectivity index (χ0) is 5.82. The molecule has 0 amide bonds. The first-order valence-corrected chi connectivity index (χ1v) is 3.09. The minimum absolute atomic E-state index is 0.400. The maximum absolute atomic E-state index is 5.18. The normalized spacial score (nSPS) is 31.9. The molecule has 0 bridgehead atoms.